The minimum absolute atomic E-state index is 0.0661. The molecule has 2 aromatic rings. The lowest BCUT2D eigenvalue weighted by Crippen LogP contribution is -2.09. The molecule has 0 atom stereocenters. The Labute approximate surface area is 109 Å². The van der Waals surface area contributed by atoms with E-state index in [1.54, 1.807) is 6.07 Å². The van der Waals surface area contributed by atoms with Crippen molar-refractivity contribution in [3.05, 3.63) is 34.6 Å². The van der Waals surface area contributed by atoms with Crippen LogP contribution in [0.25, 0.3) is 0 Å². The van der Waals surface area contributed by atoms with Crippen molar-refractivity contribution in [2.45, 2.75) is 13.5 Å². The summed E-state index contributed by atoms with van der Waals surface area (Å²) in [4.78, 5) is 11.5. The van der Waals surface area contributed by atoms with Crippen molar-refractivity contribution in [1.82, 2.24) is 15.0 Å². The molecule has 0 bridgehead atoms. The van der Waals surface area contributed by atoms with Gasteiger partial charge >= 0.3 is 0 Å². The zero-order valence-electron chi connectivity index (χ0n) is 9.72. The van der Waals surface area contributed by atoms with Gasteiger partial charge in [0, 0.05) is 0 Å². The molecule has 1 aromatic heterocycles. The summed E-state index contributed by atoms with van der Waals surface area (Å²) in [5, 5.41) is 0.524. The number of hydrogen-bond acceptors (Lipinski definition) is 6. The molecule has 0 amide bonds. The monoisotopic (exact) mass is 265 g/mol. The summed E-state index contributed by atoms with van der Waals surface area (Å²) < 4.78 is 5.52. The van der Waals surface area contributed by atoms with Crippen molar-refractivity contribution < 1.29 is 4.74 Å². The van der Waals surface area contributed by atoms with Gasteiger partial charge in [0.15, 0.2) is 5.82 Å². The van der Waals surface area contributed by atoms with Crippen LogP contribution in [0.3, 0.4) is 0 Å². The van der Waals surface area contributed by atoms with E-state index >= 15 is 0 Å². The normalized spacial score (nSPS) is 10.3. The maximum atomic E-state index is 6.00. The van der Waals surface area contributed by atoms with E-state index in [1.807, 2.05) is 19.1 Å². The number of anilines is 2. The van der Waals surface area contributed by atoms with Crippen LogP contribution in [-0.4, -0.2) is 15.0 Å². The second kappa shape index (κ2) is 5.05. The van der Waals surface area contributed by atoms with Crippen LogP contribution in [0.2, 0.25) is 5.02 Å². The molecule has 0 aliphatic heterocycles. The molecule has 4 N–H and O–H groups in total. The first-order valence-corrected chi connectivity index (χ1v) is 5.57. The van der Waals surface area contributed by atoms with Crippen LogP contribution in [0.5, 0.6) is 5.75 Å². The number of hydrogen-bond donors (Lipinski definition) is 2. The van der Waals surface area contributed by atoms with Gasteiger partial charge in [-0.25, -0.2) is 0 Å². The minimum atomic E-state index is 0.0661. The minimum Gasteiger partial charge on any atom is -0.484 e. The summed E-state index contributed by atoms with van der Waals surface area (Å²) in [7, 11) is 0. The van der Waals surface area contributed by atoms with Crippen molar-refractivity contribution in [3.8, 4) is 5.75 Å². The summed E-state index contributed by atoms with van der Waals surface area (Å²) in [5.41, 5.74) is 12.0. The third-order valence-corrected chi connectivity index (χ3v) is 2.47. The van der Waals surface area contributed by atoms with E-state index in [-0.39, 0.29) is 18.5 Å². The summed E-state index contributed by atoms with van der Waals surface area (Å²) in [6.07, 6.45) is 0. The van der Waals surface area contributed by atoms with Crippen LogP contribution in [0.1, 0.15) is 11.4 Å². The molecule has 0 saturated heterocycles. The van der Waals surface area contributed by atoms with E-state index in [0.29, 0.717) is 16.6 Å². The Balaban J connectivity index is 2.13. The van der Waals surface area contributed by atoms with Gasteiger partial charge < -0.3 is 16.2 Å². The Morgan fingerprint density at radius 3 is 2.50 bits per heavy atom. The summed E-state index contributed by atoms with van der Waals surface area (Å²) >= 11 is 6.00. The predicted octanol–water partition coefficient (Wildman–Crippen LogP) is 1.58. The number of nitrogen functional groups attached to an aromatic ring is 2. The molecule has 7 heteroatoms. The van der Waals surface area contributed by atoms with E-state index in [4.69, 9.17) is 27.8 Å². The number of rotatable bonds is 3. The lowest BCUT2D eigenvalue weighted by Gasteiger charge is -2.08. The summed E-state index contributed by atoms with van der Waals surface area (Å²) in [6, 6.07) is 5.49. The van der Waals surface area contributed by atoms with Gasteiger partial charge in [0.05, 0.1) is 5.02 Å². The Morgan fingerprint density at radius 1 is 1.17 bits per heavy atom. The van der Waals surface area contributed by atoms with Crippen LogP contribution < -0.4 is 16.2 Å². The summed E-state index contributed by atoms with van der Waals surface area (Å²) in [5.74, 6) is 1.06. The van der Waals surface area contributed by atoms with Crippen molar-refractivity contribution in [1.29, 1.82) is 0 Å². The maximum absolute atomic E-state index is 6.00. The standard InChI is InChI=1S/C11H12ClN5O/c1-6-2-3-7(12)8(4-6)18-5-9-15-10(13)17-11(14)16-9/h2-4H,5H2,1H3,(H4,13,14,15,16,17). The average molecular weight is 266 g/mol. The number of aromatic nitrogens is 3. The molecule has 0 radical (unpaired) electrons. The summed E-state index contributed by atoms with van der Waals surface area (Å²) in [6.45, 7) is 2.07. The number of halogens is 1. The number of nitrogens with zero attached hydrogens (tertiary/aromatic N) is 3. The third-order valence-electron chi connectivity index (χ3n) is 2.16. The van der Waals surface area contributed by atoms with Crippen LogP contribution in [0.15, 0.2) is 18.2 Å². The van der Waals surface area contributed by atoms with Gasteiger partial charge in [0.25, 0.3) is 0 Å². The topological polar surface area (TPSA) is 99.9 Å². The largest absolute Gasteiger partial charge is 0.484 e. The van der Waals surface area contributed by atoms with Gasteiger partial charge in [-0.3, -0.25) is 0 Å². The van der Waals surface area contributed by atoms with Crippen LogP contribution >= 0.6 is 11.6 Å². The van der Waals surface area contributed by atoms with E-state index in [0.717, 1.165) is 5.56 Å². The number of nitrogens with two attached hydrogens (primary N) is 2. The first kappa shape index (κ1) is 12.4. The van der Waals surface area contributed by atoms with Crippen molar-refractivity contribution in [2.75, 3.05) is 11.5 Å². The fourth-order valence-electron chi connectivity index (χ4n) is 1.38. The zero-order valence-corrected chi connectivity index (χ0v) is 10.5. The fourth-order valence-corrected chi connectivity index (χ4v) is 1.56. The Morgan fingerprint density at radius 2 is 1.83 bits per heavy atom. The molecule has 94 valence electrons. The van der Waals surface area contributed by atoms with E-state index in [1.165, 1.54) is 0 Å². The molecule has 1 heterocycles. The smallest absolute Gasteiger partial charge is 0.225 e. The third kappa shape index (κ3) is 2.98. The van der Waals surface area contributed by atoms with E-state index < -0.39 is 0 Å². The van der Waals surface area contributed by atoms with Crippen molar-refractivity contribution >= 4 is 23.5 Å². The molecule has 6 nitrogen and oxygen atoms in total. The van der Waals surface area contributed by atoms with Gasteiger partial charge in [-0.1, -0.05) is 17.7 Å². The van der Waals surface area contributed by atoms with Crippen LogP contribution in [0.4, 0.5) is 11.9 Å². The molecule has 0 fully saturated rings. The Bertz CT molecular complexity index is 555. The lowest BCUT2D eigenvalue weighted by molar-refractivity contribution is 0.296. The molecule has 0 aliphatic rings. The highest BCUT2D eigenvalue weighted by Gasteiger charge is 2.06. The second-order valence-electron chi connectivity index (χ2n) is 3.69. The predicted molar refractivity (Wildman–Crippen MR) is 69.2 cm³/mol. The van der Waals surface area contributed by atoms with Crippen LogP contribution in [0, 0.1) is 6.92 Å². The Hall–Kier alpha value is -2.08. The Kier molecular flexibility index (Phi) is 3.47. The highest BCUT2D eigenvalue weighted by atomic mass is 35.5. The van der Waals surface area contributed by atoms with Gasteiger partial charge in [0.2, 0.25) is 11.9 Å². The molecule has 1 aromatic carbocycles. The fraction of sp³-hybridized carbons (Fsp3) is 0.182. The second-order valence-corrected chi connectivity index (χ2v) is 4.10. The first-order valence-electron chi connectivity index (χ1n) is 5.19. The molecular formula is C11H12ClN5O. The molecule has 2 rings (SSSR count). The quantitative estimate of drug-likeness (QED) is 0.874. The van der Waals surface area contributed by atoms with Crippen molar-refractivity contribution in [3.63, 3.8) is 0 Å². The van der Waals surface area contributed by atoms with Gasteiger partial charge in [-0.2, -0.15) is 15.0 Å². The molecule has 0 aliphatic carbocycles. The SMILES string of the molecule is Cc1ccc(Cl)c(OCc2nc(N)nc(N)n2)c1. The van der Waals surface area contributed by atoms with E-state index in [2.05, 4.69) is 15.0 Å². The highest BCUT2D eigenvalue weighted by Crippen LogP contribution is 2.25. The molecular weight excluding hydrogens is 254 g/mol. The first-order chi connectivity index (χ1) is 8.54. The van der Waals surface area contributed by atoms with Gasteiger partial charge in [-0.15, -0.1) is 0 Å². The number of benzene rings is 1. The van der Waals surface area contributed by atoms with Crippen molar-refractivity contribution in [2.24, 2.45) is 0 Å². The number of aryl methyl sites for hydroxylation is 1. The van der Waals surface area contributed by atoms with Gasteiger partial charge in [-0.05, 0) is 24.6 Å². The lowest BCUT2D eigenvalue weighted by atomic mass is 10.2. The molecule has 0 unspecified atom stereocenters. The molecule has 18 heavy (non-hydrogen) atoms. The average Bonchev–Trinajstić information content (AvgIpc) is 2.29. The maximum Gasteiger partial charge on any atom is 0.225 e. The zero-order chi connectivity index (χ0) is 13.1. The number of ether oxygens (including phenoxy) is 1. The van der Waals surface area contributed by atoms with Gasteiger partial charge in [0.1, 0.15) is 12.4 Å². The molecule has 0 spiro atoms. The van der Waals surface area contributed by atoms with E-state index in [9.17, 15) is 0 Å². The van der Waals surface area contributed by atoms with Crippen LogP contribution in [-0.2, 0) is 6.61 Å². The highest BCUT2D eigenvalue weighted by molar-refractivity contribution is 6.32. The molecule has 0 saturated carbocycles.